The van der Waals surface area contributed by atoms with Crippen LogP contribution < -0.4 is 0 Å². The Morgan fingerprint density at radius 1 is 1.04 bits per heavy atom. The van der Waals surface area contributed by atoms with Crippen molar-refractivity contribution < 1.29 is 4.79 Å². The molecule has 0 bridgehead atoms. The number of hydrogen-bond donors (Lipinski definition) is 0. The van der Waals surface area contributed by atoms with E-state index < -0.39 is 0 Å². The van der Waals surface area contributed by atoms with Crippen molar-refractivity contribution in [3.63, 3.8) is 0 Å². The summed E-state index contributed by atoms with van der Waals surface area (Å²) in [5.41, 5.74) is 1.13. The van der Waals surface area contributed by atoms with Gasteiger partial charge in [-0.3, -0.25) is 9.69 Å². The number of amides is 1. The monoisotopic (exact) mass is 341 g/mol. The molecule has 6 nitrogen and oxygen atoms in total. The Bertz CT molecular complexity index is 643. The first-order valence-corrected chi connectivity index (χ1v) is 9.16. The molecule has 134 valence electrons. The Balaban J connectivity index is 1.55. The molecule has 6 heteroatoms. The second-order valence-corrected chi connectivity index (χ2v) is 6.59. The van der Waals surface area contributed by atoms with Crippen LogP contribution in [0.3, 0.4) is 0 Å². The maximum atomic E-state index is 13.0. The molecule has 0 saturated carbocycles. The molecule has 1 fully saturated rings. The molecule has 1 saturated heterocycles. The number of hydrogen-bond acceptors (Lipinski definition) is 4. The fourth-order valence-corrected chi connectivity index (χ4v) is 3.47. The van der Waals surface area contributed by atoms with Gasteiger partial charge in [0.15, 0.2) is 0 Å². The standard InChI is InChI=1S/C19H27N5O/c1-2-18(17-7-4-3-5-8-17)19(25)24-10-6-9-22(13-14-24)11-12-23-15-20-21-16-23/h3-5,7-8,15-16,18H,2,6,9-14H2,1H3. The van der Waals surface area contributed by atoms with Crippen LogP contribution in [0, 0.1) is 0 Å². The van der Waals surface area contributed by atoms with Crippen LogP contribution in [0.25, 0.3) is 0 Å². The molecule has 25 heavy (non-hydrogen) atoms. The van der Waals surface area contributed by atoms with E-state index >= 15 is 0 Å². The summed E-state index contributed by atoms with van der Waals surface area (Å²) < 4.78 is 2.00. The van der Waals surface area contributed by atoms with E-state index in [1.54, 1.807) is 12.7 Å². The highest BCUT2D eigenvalue weighted by molar-refractivity contribution is 5.83. The molecule has 1 aromatic carbocycles. The topological polar surface area (TPSA) is 54.3 Å². The van der Waals surface area contributed by atoms with Crippen LogP contribution in [-0.4, -0.2) is 63.2 Å². The molecule has 0 aliphatic carbocycles. The lowest BCUT2D eigenvalue weighted by molar-refractivity contribution is -0.132. The summed E-state index contributed by atoms with van der Waals surface area (Å²) in [6.07, 6.45) is 5.37. The summed E-state index contributed by atoms with van der Waals surface area (Å²) in [5.74, 6) is 0.249. The molecule has 1 aliphatic rings. The molecule has 2 heterocycles. The molecule has 1 unspecified atom stereocenters. The van der Waals surface area contributed by atoms with Gasteiger partial charge in [0.25, 0.3) is 0 Å². The number of nitrogens with zero attached hydrogens (tertiary/aromatic N) is 5. The van der Waals surface area contributed by atoms with Gasteiger partial charge in [-0.2, -0.15) is 0 Å². The summed E-state index contributed by atoms with van der Waals surface area (Å²) in [6, 6.07) is 10.2. The van der Waals surface area contributed by atoms with Gasteiger partial charge in [0.05, 0.1) is 5.92 Å². The van der Waals surface area contributed by atoms with Crippen LogP contribution in [0.1, 0.15) is 31.2 Å². The van der Waals surface area contributed by atoms with E-state index in [4.69, 9.17) is 0 Å². The number of carbonyl (C=O) groups is 1. The summed E-state index contributed by atoms with van der Waals surface area (Å²) in [6.45, 7) is 7.58. The van der Waals surface area contributed by atoms with Gasteiger partial charge in [-0.25, -0.2) is 0 Å². The Labute approximate surface area is 149 Å². The molecule has 1 atom stereocenters. The largest absolute Gasteiger partial charge is 0.341 e. The third-order valence-corrected chi connectivity index (χ3v) is 4.95. The van der Waals surface area contributed by atoms with E-state index in [1.807, 2.05) is 22.8 Å². The van der Waals surface area contributed by atoms with Crippen molar-refractivity contribution in [3.8, 4) is 0 Å². The van der Waals surface area contributed by atoms with Gasteiger partial charge < -0.3 is 9.47 Å². The van der Waals surface area contributed by atoms with Gasteiger partial charge in [-0.1, -0.05) is 37.3 Å². The van der Waals surface area contributed by atoms with Crippen LogP contribution in [0.5, 0.6) is 0 Å². The second kappa shape index (κ2) is 8.76. The van der Waals surface area contributed by atoms with E-state index in [0.29, 0.717) is 0 Å². The molecule has 1 amide bonds. The lowest BCUT2D eigenvalue weighted by Gasteiger charge is -2.26. The minimum Gasteiger partial charge on any atom is -0.341 e. The number of carbonyl (C=O) groups excluding carboxylic acids is 1. The zero-order valence-corrected chi connectivity index (χ0v) is 14.9. The fourth-order valence-electron chi connectivity index (χ4n) is 3.47. The highest BCUT2D eigenvalue weighted by atomic mass is 16.2. The summed E-state index contributed by atoms with van der Waals surface area (Å²) in [5, 5.41) is 7.68. The molecule has 1 aromatic heterocycles. The van der Waals surface area contributed by atoms with Gasteiger partial charge >= 0.3 is 0 Å². The predicted octanol–water partition coefficient (Wildman–Crippen LogP) is 2.01. The molecule has 1 aliphatic heterocycles. The number of benzene rings is 1. The van der Waals surface area contributed by atoms with Gasteiger partial charge in [-0.15, -0.1) is 10.2 Å². The Hall–Kier alpha value is -2.21. The zero-order chi connectivity index (χ0) is 17.5. The highest BCUT2D eigenvalue weighted by Crippen LogP contribution is 2.22. The minimum absolute atomic E-state index is 0.0234. The van der Waals surface area contributed by atoms with Crippen LogP contribution in [-0.2, 0) is 11.3 Å². The second-order valence-electron chi connectivity index (χ2n) is 6.59. The van der Waals surface area contributed by atoms with E-state index in [9.17, 15) is 4.79 Å². The molecule has 0 N–H and O–H groups in total. The first-order valence-electron chi connectivity index (χ1n) is 9.16. The van der Waals surface area contributed by atoms with Crippen LogP contribution >= 0.6 is 0 Å². The van der Waals surface area contributed by atoms with Crippen LogP contribution in [0.4, 0.5) is 0 Å². The number of aromatic nitrogens is 3. The molecule has 3 rings (SSSR count). The van der Waals surface area contributed by atoms with Crippen LogP contribution in [0.2, 0.25) is 0 Å². The Morgan fingerprint density at radius 2 is 1.80 bits per heavy atom. The van der Waals surface area contributed by atoms with Gasteiger partial charge in [0.2, 0.25) is 5.91 Å². The predicted molar refractivity (Wildman–Crippen MR) is 97.1 cm³/mol. The summed E-state index contributed by atoms with van der Waals surface area (Å²) >= 11 is 0. The fraction of sp³-hybridized carbons (Fsp3) is 0.526. The number of rotatable bonds is 6. The van der Waals surface area contributed by atoms with E-state index in [1.165, 1.54) is 0 Å². The average molecular weight is 341 g/mol. The lowest BCUT2D eigenvalue weighted by Crippen LogP contribution is -2.38. The third kappa shape index (κ3) is 4.66. The smallest absolute Gasteiger partial charge is 0.230 e. The first kappa shape index (κ1) is 17.6. The van der Waals surface area contributed by atoms with Crippen molar-refractivity contribution in [2.24, 2.45) is 0 Å². The summed E-state index contributed by atoms with van der Waals surface area (Å²) in [7, 11) is 0. The van der Waals surface area contributed by atoms with Crippen molar-refractivity contribution in [1.82, 2.24) is 24.6 Å². The molecular formula is C19H27N5O. The maximum Gasteiger partial charge on any atom is 0.230 e. The van der Waals surface area contributed by atoms with Crippen molar-refractivity contribution in [2.75, 3.05) is 32.7 Å². The van der Waals surface area contributed by atoms with Crippen LogP contribution in [0.15, 0.2) is 43.0 Å². The molecule has 0 radical (unpaired) electrons. The minimum atomic E-state index is -0.0234. The maximum absolute atomic E-state index is 13.0. The SMILES string of the molecule is CCC(C(=O)N1CCCN(CCn2cnnc2)CC1)c1ccccc1. The summed E-state index contributed by atoms with van der Waals surface area (Å²) in [4.78, 5) is 17.5. The van der Waals surface area contributed by atoms with E-state index in [2.05, 4.69) is 39.1 Å². The average Bonchev–Trinajstić information content (AvgIpc) is 3.05. The molecule has 2 aromatic rings. The van der Waals surface area contributed by atoms with Crippen molar-refractivity contribution in [2.45, 2.75) is 32.2 Å². The first-order chi connectivity index (χ1) is 12.3. The van der Waals surface area contributed by atoms with E-state index in [-0.39, 0.29) is 11.8 Å². The highest BCUT2D eigenvalue weighted by Gasteiger charge is 2.26. The van der Waals surface area contributed by atoms with E-state index in [0.717, 1.165) is 57.7 Å². The van der Waals surface area contributed by atoms with Crippen molar-refractivity contribution in [3.05, 3.63) is 48.5 Å². The third-order valence-electron chi connectivity index (χ3n) is 4.95. The zero-order valence-electron chi connectivity index (χ0n) is 14.9. The van der Waals surface area contributed by atoms with Gasteiger partial charge in [0.1, 0.15) is 12.7 Å². The van der Waals surface area contributed by atoms with Crippen molar-refractivity contribution in [1.29, 1.82) is 0 Å². The molecule has 0 spiro atoms. The molecular weight excluding hydrogens is 314 g/mol. The Morgan fingerprint density at radius 3 is 2.52 bits per heavy atom. The van der Waals surface area contributed by atoms with Gasteiger partial charge in [-0.05, 0) is 24.9 Å². The normalized spacial score (nSPS) is 17.2. The van der Waals surface area contributed by atoms with Gasteiger partial charge in [0, 0.05) is 32.7 Å². The quantitative estimate of drug-likeness (QED) is 0.806. The van der Waals surface area contributed by atoms with Crippen molar-refractivity contribution >= 4 is 5.91 Å². The lowest BCUT2D eigenvalue weighted by atomic mass is 9.95. The Kier molecular flexibility index (Phi) is 6.17.